The fourth-order valence-electron chi connectivity index (χ4n) is 6.53. The number of carbonyl (C=O) groups excluding carboxylic acids is 1. The fraction of sp³-hybridized carbons (Fsp3) is 0.417. The molecule has 0 amide bonds. The smallest absolute Gasteiger partial charge is 0.161 e. The molecular weight excluding hydrogens is 389 g/mol. The van der Waals surface area contributed by atoms with Gasteiger partial charge in [-0.1, -0.05) is 41.4 Å². The lowest BCUT2D eigenvalue weighted by Crippen LogP contribution is -2.56. The van der Waals surface area contributed by atoms with E-state index in [2.05, 4.69) is 17.1 Å². The quantitative estimate of drug-likeness (QED) is 0.423. The van der Waals surface area contributed by atoms with Crippen LogP contribution in [0.5, 0.6) is 0 Å². The van der Waals surface area contributed by atoms with Crippen molar-refractivity contribution < 1.29 is 4.79 Å². The van der Waals surface area contributed by atoms with E-state index in [1.807, 2.05) is 24.3 Å². The second kappa shape index (κ2) is 6.71. The van der Waals surface area contributed by atoms with E-state index in [1.165, 1.54) is 24.8 Å². The predicted molar refractivity (Wildman–Crippen MR) is 114 cm³/mol. The van der Waals surface area contributed by atoms with Crippen molar-refractivity contribution in [2.24, 2.45) is 17.3 Å². The molecule has 2 unspecified atom stereocenters. The Morgan fingerprint density at radius 2 is 1.71 bits per heavy atom. The van der Waals surface area contributed by atoms with Crippen molar-refractivity contribution in [1.82, 2.24) is 4.98 Å². The number of hydrogen-bond acceptors (Lipinski definition) is 2. The normalized spacial score (nSPS) is 33.5. The molecule has 4 heteroatoms. The fourth-order valence-corrected chi connectivity index (χ4v) is 6.76. The van der Waals surface area contributed by atoms with Crippen molar-refractivity contribution in [3.05, 3.63) is 70.0 Å². The van der Waals surface area contributed by atoms with Crippen LogP contribution in [0.1, 0.15) is 49.7 Å². The summed E-state index contributed by atoms with van der Waals surface area (Å²) in [4.78, 5) is 17.5. The summed E-state index contributed by atoms with van der Waals surface area (Å²) in [6.07, 6.45) is 12.2. The summed E-state index contributed by atoms with van der Waals surface area (Å²) in [7, 11) is 0. The Labute approximate surface area is 176 Å². The number of halogens is 2. The van der Waals surface area contributed by atoms with E-state index >= 15 is 0 Å². The molecule has 4 fully saturated rings. The topological polar surface area (TPSA) is 30.0 Å². The van der Waals surface area contributed by atoms with Crippen LogP contribution in [0.4, 0.5) is 0 Å². The lowest BCUT2D eigenvalue weighted by Gasteiger charge is -2.61. The van der Waals surface area contributed by atoms with Crippen LogP contribution in [-0.4, -0.2) is 10.8 Å². The van der Waals surface area contributed by atoms with Gasteiger partial charge in [-0.25, -0.2) is 4.98 Å². The molecule has 2 aromatic rings. The molecule has 28 heavy (non-hydrogen) atoms. The van der Waals surface area contributed by atoms with Crippen LogP contribution >= 0.6 is 23.2 Å². The van der Waals surface area contributed by atoms with Gasteiger partial charge in [-0.2, -0.15) is 0 Å². The summed E-state index contributed by atoms with van der Waals surface area (Å²) in [6, 6.07) is 12.0. The van der Waals surface area contributed by atoms with Gasteiger partial charge in [0.2, 0.25) is 0 Å². The largest absolute Gasteiger partial charge is 0.294 e. The molecule has 144 valence electrons. The number of rotatable bonds is 4. The van der Waals surface area contributed by atoms with Crippen molar-refractivity contribution in [3.63, 3.8) is 0 Å². The van der Waals surface area contributed by atoms with Crippen molar-refractivity contribution in [2.75, 3.05) is 0 Å². The standard InChI is InChI=1S/C24H23Cl2NO/c25-20-5-3-19(4-6-20)23-10-17-9-18(11-23)13-24(12-17,15-23)21(28)7-1-16-2-8-22(26)27-14-16/h1-8,14,17-18H,9-13,15H2. The molecule has 0 N–H and O–H groups in total. The molecule has 0 spiro atoms. The van der Waals surface area contributed by atoms with Gasteiger partial charge >= 0.3 is 0 Å². The maximum absolute atomic E-state index is 13.4. The minimum atomic E-state index is -0.208. The highest BCUT2D eigenvalue weighted by atomic mass is 35.5. The molecule has 4 aliphatic carbocycles. The molecule has 2 atom stereocenters. The third kappa shape index (κ3) is 3.11. The number of hydrogen-bond donors (Lipinski definition) is 0. The second-order valence-electron chi connectivity index (χ2n) is 9.14. The molecule has 4 saturated carbocycles. The molecule has 1 heterocycles. The van der Waals surface area contributed by atoms with Crippen LogP contribution in [0.25, 0.3) is 6.08 Å². The van der Waals surface area contributed by atoms with E-state index in [0.717, 1.165) is 29.8 Å². The van der Waals surface area contributed by atoms with E-state index in [0.29, 0.717) is 17.0 Å². The first-order chi connectivity index (χ1) is 13.5. The molecule has 4 aliphatic rings. The van der Waals surface area contributed by atoms with Crippen LogP contribution in [0.2, 0.25) is 10.2 Å². The minimum absolute atomic E-state index is 0.139. The van der Waals surface area contributed by atoms with E-state index in [-0.39, 0.29) is 16.6 Å². The van der Waals surface area contributed by atoms with E-state index < -0.39 is 0 Å². The molecule has 0 saturated heterocycles. The molecule has 0 aliphatic heterocycles. The van der Waals surface area contributed by atoms with Crippen LogP contribution < -0.4 is 0 Å². The second-order valence-corrected chi connectivity index (χ2v) is 9.96. The zero-order valence-corrected chi connectivity index (χ0v) is 17.2. The van der Waals surface area contributed by atoms with E-state index in [4.69, 9.17) is 23.2 Å². The molecule has 0 radical (unpaired) electrons. The minimum Gasteiger partial charge on any atom is -0.294 e. The monoisotopic (exact) mass is 411 g/mol. The lowest BCUT2D eigenvalue weighted by atomic mass is 9.42. The Hall–Kier alpha value is -1.64. The first kappa shape index (κ1) is 18.4. The van der Waals surface area contributed by atoms with Crippen LogP contribution in [0, 0.1) is 17.3 Å². The average Bonchev–Trinajstić information content (AvgIpc) is 2.66. The summed E-state index contributed by atoms with van der Waals surface area (Å²) in [6.45, 7) is 0. The van der Waals surface area contributed by atoms with Gasteiger partial charge in [0, 0.05) is 16.6 Å². The Balaban J connectivity index is 1.45. The van der Waals surface area contributed by atoms with Gasteiger partial charge in [-0.3, -0.25) is 4.79 Å². The summed E-state index contributed by atoms with van der Waals surface area (Å²) >= 11 is 12.0. The average molecular weight is 412 g/mol. The highest BCUT2D eigenvalue weighted by Crippen LogP contribution is 2.66. The Bertz CT molecular complexity index is 918. The molecule has 1 aromatic carbocycles. The van der Waals surface area contributed by atoms with Crippen LogP contribution in [0.15, 0.2) is 48.7 Å². The van der Waals surface area contributed by atoms with Gasteiger partial charge in [0.25, 0.3) is 0 Å². The van der Waals surface area contributed by atoms with E-state index in [9.17, 15) is 4.79 Å². The van der Waals surface area contributed by atoms with Crippen molar-refractivity contribution in [1.29, 1.82) is 0 Å². The van der Waals surface area contributed by atoms with Gasteiger partial charge in [-0.15, -0.1) is 0 Å². The van der Waals surface area contributed by atoms with Crippen molar-refractivity contribution in [2.45, 2.75) is 43.9 Å². The number of benzene rings is 1. The van der Waals surface area contributed by atoms with Gasteiger partial charge in [0.15, 0.2) is 5.78 Å². The lowest BCUT2D eigenvalue weighted by molar-refractivity contribution is -0.141. The zero-order chi connectivity index (χ0) is 19.4. The van der Waals surface area contributed by atoms with Crippen LogP contribution in [-0.2, 0) is 10.2 Å². The number of aromatic nitrogens is 1. The summed E-state index contributed by atoms with van der Waals surface area (Å²) in [5.74, 6) is 1.60. The van der Waals surface area contributed by atoms with Gasteiger partial charge in [-0.05, 0) is 97.3 Å². The zero-order valence-electron chi connectivity index (χ0n) is 15.7. The maximum atomic E-state index is 13.4. The number of pyridine rings is 1. The number of nitrogens with zero attached hydrogens (tertiary/aromatic N) is 1. The Kier molecular flexibility index (Phi) is 4.41. The number of carbonyl (C=O) groups is 1. The SMILES string of the molecule is O=C(C=Cc1ccc(Cl)nc1)C12CC3CC(C1)CC(c1ccc(Cl)cc1)(C3)C2. The number of allylic oxidation sites excluding steroid dienone is 1. The summed E-state index contributed by atoms with van der Waals surface area (Å²) in [5, 5.41) is 1.24. The predicted octanol–water partition coefficient (Wildman–Crippen LogP) is 6.51. The third-order valence-electron chi connectivity index (χ3n) is 7.22. The van der Waals surface area contributed by atoms with Gasteiger partial charge < -0.3 is 0 Å². The highest BCUT2D eigenvalue weighted by Gasteiger charge is 2.60. The molecule has 1 aromatic heterocycles. The maximum Gasteiger partial charge on any atom is 0.161 e. The van der Waals surface area contributed by atoms with Crippen molar-refractivity contribution >= 4 is 35.1 Å². The first-order valence-electron chi connectivity index (χ1n) is 10.1. The third-order valence-corrected chi connectivity index (χ3v) is 7.69. The van der Waals surface area contributed by atoms with E-state index in [1.54, 1.807) is 18.3 Å². The van der Waals surface area contributed by atoms with Gasteiger partial charge in [0.1, 0.15) is 5.15 Å². The Morgan fingerprint density at radius 3 is 2.36 bits per heavy atom. The first-order valence-corrected chi connectivity index (χ1v) is 10.8. The molecular formula is C24H23Cl2NO. The highest BCUT2D eigenvalue weighted by molar-refractivity contribution is 6.30. The van der Waals surface area contributed by atoms with Crippen molar-refractivity contribution in [3.8, 4) is 0 Å². The molecule has 4 bridgehead atoms. The van der Waals surface area contributed by atoms with Gasteiger partial charge in [0.05, 0.1) is 0 Å². The number of ketones is 1. The summed E-state index contributed by atoms with van der Waals surface area (Å²) in [5.41, 5.74) is 2.21. The summed E-state index contributed by atoms with van der Waals surface area (Å²) < 4.78 is 0. The molecule has 6 rings (SSSR count). The molecule has 2 nitrogen and oxygen atoms in total. The van der Waals surface area contributed by atoms with Crippen LogP contribution in [0.3, 0.4) is 0 Å². The Morgan fingerprint density at radius 1 is 1.00 bits per heavy atom.